The molecule has 0 amide bonds. The van der Waals surface area contributed by atoms with E-state index >= 15 is 0 Å². The minimum Gasteiger partial charge on any atom is -0.381 e. The Hall–Kier alpha value is -1.69. The molecule has 1 fully saturated rings. The molecule has 0 atom stereocenters. The first kappa shape index (κ1) is 10.5. The fraction of sp³-hybridized carbons (Fsp3) is 0.455. The van der Waals surface area contributed by atoms with E-state index < -0.39 is 0 Å². The first-order valence-corrected chi connectivity index (χ1v) is 5.67. The number of anilines is 1. The lowest BCUT2D eigenvalue weighted by molar-refractivity contribution is 0.0903. The Bertz CT molecular complexity index is 521. The van der Waals surface area contributed by atoms with Gasteiger partial charge in [0, 0.05) is 19.3 Å². The second-order valence-corrected chi connectivity index (χ2v) is 4.12. The summed E-state index contributed by atoms with van der Waals surface area (Å²) in [5, 5.41) is 7.43. The molecule has 0 aliphatic carbocycles. The van der Waals surface area contributed by atoms with E-state index in [1.54, 1.807) is 6.07 Å². The molecule has 2 aromatic rings. The highest BCUT2D eigenvalue weighted by atomic mass is 19.1. The number of hydrogen-bond donors (Lipinski definition) is 1. The van der Waals surface area contributed by atoms with Gasteiger partial charge in [0.2, 0.25) is 5.95 Å². The molecule has 1 aliphatic heterocycles. The van der Waals surface area contributed by atoms with Gasteiger partial charge in [0.1, 0.15) is 5.82 Å². The van der Waals surface area contributed by atoms with Crippen molar-refractivity contribution in [2.45, 2.75) is 18.9 Å². The highest BCUT2D eigenvalue weighted by Gasteiger charge is 2.15. The molecule has 0 aromatic carbocycles. The molecule has 90 valence electrons. The lowest BCUT2D eigenvalue weighted by Crippen LogP contribution is -2.28. The van der Waals surface area contributed by atoms with Gasteiger partial charge in [-0.1, -0.05) is 0 Å². The van der Waals surface area contributed by atoms with Crippen LogP contribution in [0.25, 0.3) is 5.65 Å². The van der Waals surface area contributed by atoms with Crippen LogP contribution in [-0.4, -0.2) is 33.9 Å². The fourth-order valence-corrected chi connectivity index (χ4v) is 1.94. The van der Waals surface area contributed by atoms with E-state index in [0.717, 1.165) is 26.1 Å². The molecular weight excluding hydrogens is 223 g/mol. The van der Waals surface area contributed by atoms with Crippen molar-refractivity contribution >= 4 is 11.6 Å². The van der Waals surface area contributed by atoms with E-state index in [1.807, 2.05) is 0 Å². The van der Waals surface area contributed by atoms with Crippen molar-refractivity contribution in [3.63, 3.8) is 0 Å². The lowest BCUT2D eigenvalue weighted by atomic mass is 10.1. The molecular formula is C11H13FN4O. The summed E-state index contributed by atoms with van der Waals surface area (Å²) >= 11 is 0. The van der Waals surface area contributed by atoms with E-state index in [2.05, 4.69) is 15.4 Å². The predicted molar refractivity (Wildman–Crippen MR) is 60.4 cm³/mol. The average molecular weight is 236 g/mol. The first-order chi connectivity index (χ1) is 8.31. The molecule has 0 spiro atoms. The van der Waals surface area contributed by atoms with Crippen molar-refractivity contribution in [1.82, 2.24) is 14.6 Å². The molecule has 3 heterocycles. The van der Waals surface area contributed by atoms with Gasteiger partial charge >= 0.3 is 0 Å². The van der Waals surface area contributed by atoms with Crippen LogP contribution in [0.15, 0.2) is 18.3 Å². The zero-order valence-corrected chi connectivity index (χ0v) is 9.27. The van der Waals surface area contributed by atoms with Gasteiger partial charge in [-0.25, -0.2) is 8.91 Å². The monoisotopic (exact) mass is 236 g/mol. The summed E-state index contributed by atoms with van der Waals surface area (Å²) in [5.41, 5.74) is 0.640. The Morgan fingerprint density at radius 1 is 1.35 bits per heavy atom. The highest BCUT2D eigenvalue weighted by molar-refractivity contribution is 5.43. The van der Waals surface area contributed by atoms with Crippen LogP contribution in [0.4, 0.5) is 10.3 Å². The standard InChI is InChI=1S/C11H13FN4O/c12-8-1-2-10-14-11(15-16(10)7-8)13-9-3-5-17-6-4-9/h1-2,7,9H,3-6H2,(H,13,15). The largest absolute Gasteiger partial charge is 0.381 e. The summed E-state index contributed by atoms with van der Waals surface area (Å²) in [6, 6.07) is 3.32. The van der Waals surface area contributed by atoms with Gasteiger partial charge in [-0.2, -0.15) is 4.98 Å². The third-order valence-electron chi connectivity index (χ3n) is 2.85. The molecule has 3 rings (SSSR count). The molecule has 6 heteroatoms. The van der Waals surface area contributed by atoms with E-state index in [9.17, 15) is 4.39 Å². The highest BCUT2D eigenvalue weighted by Crippen LogP contribution is 2.13. The zero-order valence-electron chi connectivity index (χ0n) is 9.27. The first-order valence-electron chi connectivity index (χ1n) is 5.67. The lowest BCUT2D eigenvalue weighted by Gasteiger charge is -2.22. The maximum atomic E-state index is 13.0. The molecule has 0 radical (unpaired) electrons. The van der Waals surface area contributed by atoms with Gasteiger partial charge in [0.05, 0.1) is 6.20 Å². The molecule has 1 aliphatic rings. The average Bonchev–Trinajstić information content (AvgIpc) is 2.71. The Balaban J connectivity index is 1.80. The van der Waals surface area contributed by atoms with Crippen molar-refractivity contribution in [2.75, 3.05) is 18.5 Å². The summed E-state index contributed by atoms with van der Waals surface area (Å²) in [6.45, 7) is 1.53. The van der Waals surface area contributed by atoms with Crippen molar-refractivity contribution < 1.29 is 9.13 Å². The normalized spacial score (nSPS) is 17.5. The SMILES string of the molecule is Fc1ccc2nc(NC3CCOCC3)nn2c1. The van der Waals surface area contributed by atoms with E-state index in [4.69, 9.17) is 4.74 Å². The molecule has 0 unspecified atom stereocenters. The van der Waals surface area contributed by atoms with Gasteiger partial charge in [-0.05, 0) is 25.0 Å². The Morgan fingerprint density at radius 2 is 2.18 bits per heavy atom. The van der Waals surface area contributed by atoms with Gasteiger partial charge in [0.15, 0.2) is 5.65 Å². The van der Waals surface area contributed by atoms with Gasteiger partial charge in [-0.15, -0.1) is 5.10 Å². The van der Waals surface area contributed by atoms with Gasteiger partial charge in [0.25, 0.3) is 0 Å². The summed E-state index contributed by atoms with van der Waals surface area (Å²) < 4.78 is 19.7. The molecule has 5 nitrogen and oxygen atoms in total. The third kappa shape index (κ3) is 2.21. The van der Waals surface area contributed by atoms with E-state index in [-0.39, 0.29) is 5.82 Å². The van der Waals surface area contributed by atoms with Crippen molar-refractivity contribution in [3.05, 3.63) is 24.1 Å². The number of aromatic nitrogens is 3. The third-order valence-corrected chi connectivity index (χ3v) is 2.85. The Morgan fingerprint density at radius 3 is 3.00 bits per heavy atom. The zero-order chi connectivity index (χ0) is 11.7. The van der Waals surface area contributed by atoms with Crippen molar-refractivity contribution in [3.8, 4) is 0 Å². The minimum absolute atomic E-state index is 0.319. The molecule has 1 N–H and O–H groups in total. The summed E-state index contributed by atoms with van der Waals surface area (Å²) in [6.07, 6.45) is 3.21. The number of hydrogen-bond acceptors (Lipinski definition) is 4. The van der Waals surface area contributed by atoms with Crippen LogP contribution in [0.3, 0.4) is 0 Å². The number of halogens is 1. The second kappa shape index (κ2) is 4.29. The van der Waals surface area contributed by atoms with Crippen molar-refractivity contribution in [2.24, 2.45) is 0 Å². The van der Waals surface area contributed by atoms with Gasteiger partial charge in [-0.3, -0.25) is 0 Å². The van der Waals surface area contributed by atoms with Crippen molar-refractivity contribution in [1.29, 1.82) is 0 Å². The maximum Gasteiger partial charge on any atom is 0.243 e. The van der Waals surface area contributed by atoms with Crippen LogP contribution in [0, 0.1) is 5.82 Å². The molecule has 0 saturated carbocycles. The minimum atomic E-state index is -0.319. The molecule has 2 aromatic heterocycles. The van der Waals surface area contributed by atoms with Crippen LogP contribution in [0.5, 0.6) is 0 Å². The molecule has 17 heavy (non-hydrogen) atoms. The van der Waals surface area contributed by atoms with E-state index in [1.165, 1.54) is 16.8 Å². The Labute approximate surface area is 97.6 Å². The van der Waals surface area contributed by atoms with Gasteiger partial charge < -0.3 is 10.1 Å². The summed E-state index contributed by atoms with van der Waals surface area (Å²) in [5.74, 6) is 0.225. The Kier molecular flexibility index (Phi) is 2.64. The number of fused-ring (bicyclic) bond motifs is 1. The predicted octanol–water partition coefficient (Wildman–Crippen LogP) is 1.46. The topological polar surface area (TPSA) is 51.5 Å². The smallest absolute Gasteiger partial charge is 0.243 e. The quantitative estimate of drug-likeness (QED) is 0.857. The maximum absolute atomic E-state index is 13.0. The number of nitrogens with zero attached hydrogens (tertiary/aromatic N) is 3. The molecule has 0 bridgehead atoms. The second-order valence-electron chi connectivity index (χ2n) is 4.12. The van der Waals surface area contributed by atoms with Crippen LogP contribution in [-0.2, 0) is 4.74 Å². The van der Waals surface area contributed by atoms with Crippen LogP contribution in [0.1, 0.15) is 12.8 Å². The summed E-state index contributed by atoms with van der Waals surface area (Å²) in [4.78, 5) is 4.28. The number of ether oxygens (including phenoxy) is 1. The number of rotatable bonds is 2. The number of pyridine rings is 1. The number of nitrogens with one attached hydrogen (secondary N) is 1. The molecule has 1 saturated heterocycles. The summed E-state index contributed by atoms with van der Waals surface area (Å²) in [7, 11) is 0. The van der Waals surface area contributed by atoms with E-state index in [0.29, 0.717) is 17.6 Å². The van der Waals surface area contributed by atoms with Crippen LogP contribution >= 0.6 is 0 Å². The van der Waals surface area contributed by atoms with Crippen LogP contribution in [0.2, 0.25) is 0 Å². The fourth-order valence-electron chi connectivity index (χ4n) is 1.94. The van der Waals surface area contributed by atoms with Crippen LogP contribution < -0.4 is 5.32 Å².